The van der Waals surface area contributed by atoms with Gasteiger partial charge in [0.05, 0.1) is 5.69 Å². The van der Waals surface area contributed by atoms with Crippen molar-refractivity contribution in [3.63, 3.8) is 0 Å². The fourth-order valence-electron chi connectivity index (χ4n) is 1.40. The Hall–Kier alpha value is -1.28. The van der Waals surface area contributed by atoms with E-state index in [1.165, 1.54) is 11.3 Å². The van der Waals surface area contributed by atoms with Gasteiger partial charge in [-0.15, -0.1) is 21.5 Å². The van der Waals surface area contributed by atoms with Crippen LogP contribution in [0.3, 0.4) is 0 Å². The summed E-state index contributed by atoms with van der Waals surface area (Å²) in [6, 6.07) is 0.244. The Balaban J connectivity index is 2.09. The molecule has 0 aliphatic heterocycles. The van der Waals surface area contributed by atoms with Crippen molar-refractivity contribution in [1.29, 1.82) is 0 Å². The number of thiazole rings is 1. The number of nitrogen functional groups attached to an aromatic ring is 2. The minimum atomic E-state index is 0.244. The van der Waals surface area contributed by atoms with Gasteiger partial charge in [-0.25, -0.2) is 4.98 Å². The van der Waals surface area contributed by atoms with Gasteiger partial charge < -0.3 is 11.5 Å². The molecule has 0 spiro atoms. The van der Waals surface area contributed by atoms with Crippen LogP contribution in [-0.4, -0.2) is 19.7 Å². The first-order valence-electron chi connectivity index (χ1n) is 5.11. The molecular formula is C9H14N6S2. The second kappa shape index (κ2) is 4.92. The number of nitrogens with zero attached hydrogens (tertiary/aromatic N) is 4. The molecule has 17 heavy (non-hydrogen) atoms. The van der Waals surface area contributed by atoms with Crippen LogP contribution in [0.2, 0.25) is 0 Å². The molecule has 2 aromatic rings. The van der Waals surface area contributed by atoms with Gasteiger partial charge >= 0.3 is 0 Å². The molecule has 0 bridgehead atoms. The largest absolute Gasteiger partial charge is 0.375 e. The summed E-state index contributed by atoms with van der Waals surface area (Å²) < 4.78 is 1.90. The van der Waals surface area contributed by atoms with Crippen LogP contribution < -0.4 is 11.5 Å². The third kappa shape index (κ3) is 2.70. The van der Waals surface area contributed by atoms with Crippen LogP contribution in [0.4, 0.5) is 11.1 Å². The van der Waals surface area contributed by atoms with E-state index in [2.05, 4.69) is 15.2 Å². The van der Waals surface area contributed by atoms with Gasteiger partial charge in [-0.2, -0.15) is 0 Å². The first-order chi connectivity index (χ1) is 8.08. The van der Waals surface area contributed by atoms with Crippen molar-refractivity contribution < 1.29 is 0 Å². The first kappa shape index (κ1) is 12.2. The van der Waals surface area contributed by atoms with Crippen LogP contribution in [0.15, 0.2) is 10.5 Å². The zero-order valence-electron chi connectivity index (χ0n) is 9.62. The summed E-state index contributed by atoms with van der Waals surface area (Å²) in [6.45, 7) is 4.09. The average Bonchev–Trinajstić information content (AvgIpc) is 2.82. The molecule has 4 N–H and O–H groups in total. The highest BCUT2D eigenvalue weighted by molar-refractivity contribution is 7.98. The smallest absolute Gasteiger partial charge is 0.222 e. The predicted octanol–water partition coefficient (Wildman–Crippen LogP) is 1.77. The molecule has 0 aliphatic rings. The van der Waals surface area contributed by atoms with E-state index in [-0.39, 0.29) is 6.04 Å². The lowest BCUT2D eigenvalue weighted by atomic mass is 10.4. The summed E-state index contributed by atoms with van der Waals surface area (Å²) >= 11 is 3.00. The van der Waals surface area contributed by atoms with Crippen LogP contribution >= 0.6 is 23.1 Å². The third-order valence-corrected chi connectivity index (χ3v) is 3.83. The first-order valence-corrected chi connectivity index (χ1v) is 6.97. The van der Waals surface area contributed by atoms with Crippen molar-refractivity contribution in [3.8, 4) is 0 Å². The van der Waals surface area contributed by atoms with E-state index in [4.69, 9.17) is 11.5 Å². The Morgan fingerprint density at radius 1 is 1.41 bits per heavy atom. The molecule has 8 heteroatoms. The van der Waals surface area contributed by atoms with Crippen LogP contribution in [0.1, 0.15) is 25.6 Å². The minimum Gasteiger partial charge on any atom is -0.375 e. The maximum Gasteiger partial charge on any atom is 0.222 e. The van der Waals surface area contributed by atoms with Gasteiger partial charge in [0.2, 0.25) is 5.95 Å². The molecule has 2 heterocycles. The molecule has 2 aromatic heterocycles. The minimum absolute atomic E-state index is 0.244. The Morgan fingerprint density at radius 3 is 2.76 bits per heavy atom. The van der Waals surface area contributed by atoms with Gasteiger partial charge in [-0.3, -0.25) is 4.57 Å². The van der Waals surface area contributed by atoms with Crippen molar-refractivity contribution >= 4 is 34.2 Å². The average molecular weight is 270 g/mol. The number of thioether (sulfide) groups is 1. The maximum absolute atomic E-state index is 5.76. The second-order valence-electron chi connectivity index (χ2n) is 3.77. The number of nitrogens with two attached hydrogens (primary N) is 2. The Morgan fingerprint density at radius 2 is 2.18 bits per heavy atom. The van der Waals surface area contributed by atoms with Crippen LogP contribution in [0.5, 0.6) is 0 Å². The molecule has 0 amide bonds. The van der Waals surface area contributed by atoms with Gasteiger partial charge in [-0.05, 0) is 13.8 Å². The number of rotatable bonds is 4. The zero-order valence-corrected chi connectivity index (χ0v) is 11.3. The maximum atomic E-state index is 5.76. The third-order valence-electron chi connectivity index (χ3n) is 2.13. The van der Waals surface area contributed by atoms with Gasteiger partial charge in [0, 0.05) is 17.2 Å². The van der Waals surface area contributed by atoms with Crippen molar-refractivity contribution in [2.24, 2.45) is 0 Å². The highest BCUT2D eigenvalue weighted by atomic mass is 32.2. The van der Waals surface area contributed by atoms with E-state index in [1.807, 2.05) is 23.8 Å². The van der Waals surface area contributed by atoms with E-state index in [0.717, 1.165) is 16.6 Å². The molecule has 0 saturated carbocycles. The van der Waals surface area contributed by atoms with E-state index in [9.17, 15) is 0 Å². The molecule has 6 nitrogen and oxygen atoms in total. The molecule has 0 fully saturated rings. The topological polar surface area (TPSA) is 95.6 Å². The van der Waals surface area contributed by atoms with Crippen molar-refractivity contribution in [3.05, 3.63) is 11.1 Å². The Kier molecular flexibility index (Phi) is 3.53. The molecule has 0 aliphatic carbocycles. The lowest BCUT2D eigenvalue weighted by Gasteiger charge is -2.10. The summed E-state index contributed by atoms with van der Waals surface area (Å²) in [7, 11) is 0. The van der Waals surface area contributed by atoms with E-state index < -0.39 is 0 Å². The van der Waals surface area contributed by atoms with Crippen LogP contribution in [0.25, 0.3) is 0 Å². The quantitative estimate of drug-likeness (QED) is 0.822. The van der Waals surface area contributed by atoms with Crippen molar-refractivity contribution in [1.82, 2.24) is 19.7 Å². The van der Waals surface area contributed by atoms with Gasteiger partial charge in [0.25, 0.3) is 0 Å². The second-order valence-corrected chi connectivity index (χ2v) is 5.60. The van der Waals surface area contributed by atoms with Crippen molar-refractivity contribution in [2.45, 2.75) is 30.8 Å². The SMILES string of the molecule is CC(C)n1c(N)nnc1SCc1csc(N)n1. The molecule has 0 atom stereocenters. The number of anilines is 2. The monoisotopic (exact) mass is 270 g/mol. The van der Waals surface area contributed by atoms with Gasteiger partial charge in [0.1, 0.15) is 0 Å². The van der Waals surface area contributed by atoms with E-state index in [0.29, 0.717) is 11.1 Å². The van der Waals surface area contributed by atoms with E-state index in [1.54, 1.807) is 11.8 Å². The fourth-order valence-corrected chi connectivity index (χ4v) is 3.03. The predicted molar refractivity (Wildman–Crippen MR) is 70.9 cm³/mol. The van der Waals surface area contributed by atoms with E-state index >= 15 is 0 Å². The summed E-state index contributed by atoms with van der Waals surface area (Å²) in [5.41, 5.74) is 12.3. The molecule has 0 unspecified atom stereocenters. The number of hydrogen-bond acceptors (Lipinski definition) is 7. The standard InChI is InChI=1S/C9H14N6S2/c1-5(2)15-7(10)13-14-9(15)17-4-6-3-16-8(11)12-6/h3,5H,4H2,1-2H3,(H2,10,13)(H2,11,12). The zero-order chi connectivity index (χ0) is 12.4. The highest BCUT2D eigenvalue weighted by Crippen LogP contribution is 2.26. The summed E-state index contributed by atoms with van der Waals surface area (Å²) in [5.74, 6) is 1.17. The number of aromatic nitrogens is 4. The van der Waals surface area contributed by atoms with Crippen LogP contribution in [0, 0.1) is 0 Å². The molecule has 92 valence electrons. The molecule has 0 aromatic carbocycles. The Bertz CT molecular complexity index is 503. The molecule has 0 radical (unpaired) electrons. The number of hydrogen-bond donors (Lipinski definition) is 2. The Labute approximate surface area is 107 Å². The fraction of sp³-hybridized carbons (Fsp3) is 0.444. The lowest BCUT2D eigenvalue weighted by Crippen LogP contribution is -2.07. The normalized spacial score (nSPS) is 11.2. The van der Waals surface area contributed by atoms with Crippen molar-refractivity contribution in [2.75, 3.05) is 11.5 Å². The molecule has 2 rings (SSSR count). The van der Waals surface area contributed by atoms with Gasteiger partial charge in [0.15, 0.2) is 10.3 Å². The summed E-state index contributed by atoms with van der Waals surface area (Å²) in [5, 5.41) is 11.3. The summed E-state index contributed by atoms with van der Waals surface area (Å²) in [4.78, 5) is 4.19. The molecular weight excluding hydrogens is 256 g/mol. The summed E-state index contributed by atoms with van der Waals surface area (Å²) in [6.07, 6.45) is 0. The van der Waals surface area contributed by atoms with Gasteiger partial charge in [-0.1, -0.05) is 11.8 Å². The lowest BCUT2D eigenvalue weighted by molar-refractivity contribution is 0.557. The molecule has 0 saturated heterocycles. The van der Waals surface area contributed by atoms with Crippen LogP contribution in [-0.2, 0) is 5.75 Å². The highest BCUT2D eigenvalue weighted by Gasteiger charge is 2.13.